The van der Waals surface area contributed by atoms with E-state index in [1.165, 1.54) is 6.20 Å². The first-order chi connectivity index (χ1) is 12.0. The number of pyridine rings is 1. The molecular formula is C16H8F6N2O2. The number of halogens is 6. The number of hydrogen-bond acceptors (Lipinski definition) is 2. The molecule has 0 saturated carbocycles. The number of alkyl halides is 6. The highest BCUT2D eigenvalue weighted by molar-refractivity contribution is 5.86. The SMILES string of the molecule is O=C(O)c1cn2cc(-c3ccc(C(F)(F)F)cc3)cc(C(F)(F)F)c2n1. The van der Waals surface area contributed by atoms with Crippen molar-refractivity contribution < 1.29 is 36.2 Å². The van der Waals surface area contributed by atoms with E-state index in [2.05, 4.69) is 4.98 Å². The molecule has 0 saturated heterocycles. The second-order valence-corrected chi connectivity index (χ2v) is 5.38. The maximum Gasteiger partial charge on any atom is 0.420 e. The van der Waals surface area contributed by atoms with Gasteiger partial charge in [0.15, 0.2) is 5.69 Å². The van der Waals surface area contributed by atoms with Crippen LogP contribution in [0.15, 0.2) is 42.7 Å². The zero-order valence-electron chi connectivity index (χ0n) is 12.6. The fourth-order valence-corrected chi connectivity index (χ4v) is 2.42. The van der Waals surface area contributed by atoms with Crippen molar-refractivity contribution in [1.29, 1.82) is 0 Å². The lowest BCUT2D eigenvalue weighted by Gasteiger charge is -2.12. The van der Waals surface area contributed by atoms with Crippen LogP contribution in [0.1, 0.15) is 21.6 Å². The molecule has 0 atom stereocenters. The van der Waals surface area contributed by atoms with Crippen LogP contribution in [0, 0.1) is 0 Å². The van der Waals surface area contributed by atoms with E-state index in [0.717, 1.165) is 40.9 Å². The molecule has 4 nitrogen and oxygen atoms in total. The van der Waals surface area contributed by atoms with E-state index in [1.54, 1.807) is 0 Å². The minimum Gasteiger partial charge on any atom is -0.476 e. The summed E-state index contributed by atoms with van der Waals surface area (Å²) in [5.74, 6) is -1.50. The van der Waals surface area contributed by atoms with Crippen molar-refractivity contribution in [3.8, 4) is 11.1 Å². The molecule has 26 heavy (non-hydrogen) atoms. The average molecular weight is 374 g/mol. The van der Waals surface area contributed by atoms with E-state index in [-0.39, 0.29) is 11.1 Å². The number of carboxylic acids is 1. The Labute approximate surface area is 141 Å². The Kier molecular flexibility index (Phi) is 3.93. The van der Waals surface area contributed by atoms with Gasteiger partial charge in [-0.15, -0.1) is 0 Å². The van der Waals surface area contributed by atoms with Crippen molar-refractivity contribution in [2.24, 2.45) is 0 Å². The fourth-order valence-electron chi connectivity index (χ4n) is 2.42. The molecule has 0 aliphatic heterocycles. The number of benzene rings is 1. The van der Waals surface area contributed by atoms with Gasteiger partial charge in [-0.3, -0.25) is 0 Å². The van der Waals surface area contributed by atoms with Gasteiger partial charge in [-0.2, -0.15) is 26.3 Å². The molecular weight excluding hydrogens is 366 g/mol. The molecule has 3 rings (SSSR count). The molecule has 3 aromatic rings. The average Bonchev–Trinajstić information content (AvgIpc) is 2.96. The summed E-state index contributed by atoms with van der Waals surface area (Å²) in [7, 11) is 0. The first kappa shape index (κ1) is 17.8. The summed E-state index contributed by atoms with van der Waals surface area (Å²) in [4.78, 5) is 14.4. The Morgan fingerprint density at radius 3 is 2.04 bits per heavy atom. The number of carbonyl (C=O) groups is 1. The summed E-state index contributed by atoms with van der Waals surface area (Å²) in [5.41, 5.74) is -3.24. The van der Waals surface area contributed by atoms with Crippen LogP contribution in [0.25, 0.3) is 16.8 Å². The van der Waals surface area contributed by atoms with Gasteiger partial charge in [0, 0.05) is 12.4 Å². The summed E-state index contributed by atoms with van der Waals surface area (Å²) in [6.45, 7) is 0. The zero-order valence-corrected chi connectivity index (χ0v) is 12.6. The predicted octanol–water partition coefficient (Wildman–Crippen LogP) is 4.74. The fraction of sp³-hybridized carbons (Fsp3) is 0.125. The van der Waals surface area contributed by atoms with E-state index in [4.69, 9.17) is 5.11 Å². The van der Waals surface area contributed by atoms with Crippen LogP contribution in [0.2, 0.25) is 0 Å². The minimum absolute atomic E-state index is 0.0344. The Hall–Kier alpha value is -3.04. The number of hydrogen-bond donors (Lipinski definition) is 1. The molecule has 10 heteroatoms. The Bertz CT molecular complexity index is 987. The van der Waals surface area contributed by atoms with E-state index < -0.39 is 40.8 Å². The zero-order chi connectivity index (χ0) is 19.3. The highest BCUT2D eigenvalue weighted by atomic mass is 19.4. The van der Waals surface area contributed by atoms with Crippen LogP contribution in [-0.4, -0.2) is 20.5 Å². The van der Waals surface area contributed by atoms with Gasteiger partial charge >= 0.3 is 18.3 Å². The van der Waals surface area contributed by atoms with Crippen molar-refractivity contribution in [3.05, 3.63) is 59.5 Å². The second kappa shape index (κ2) is 5.75. The molecule has 0 aliphatic rings. The highest BCUT2D eigenvalue weighted by Gasteiger charge is 2.35. The van der Waals surface area contributed by atoms with Crippen molar-refractivity contribution in [3.63, 3.8) is 0 Å². The third-order valence-corrected chi connectivity index (χ3v) is 3.62. The Balaban J connectivity index is 2.19. The third-order valence-electron chi connectivity index (χ3n) is 3.62. The lowest BCUT2D eigenvalue weighted by Crippen LogP contribution is -2.08. The number of carboxylic acid groups (broad SMARTS) is 1. The van der Waals surface area contributed by atoms with Gasteiger partial charge in [0.25, 0.3) is 0 Å². The van der Waals surface area contributed by atoms with Gasteiger partial charge in [0.05, 0.1) is 11.1 Å². The summed E-state index contributed by atoms with van der Waals surface area (Å²) < 4.78 is 78.6. The summed E-state index contributed by atoms with van der Waals surface area (Å²) in [6, 6.07) is 4.31. The van der Waals surface area contributed by atoms with Gasteiger partial charge in [0.1, 0.15) is 5.65 Å². The molecule has 0 radical (unpaired) electrons. The highest BCUT2D eigenvalue weighted by Crippen LogP contribution is 2.36. The number of imidazole rings is 1. The summed E-state index contributed by atoms with van der Waals surface area (Å²) in [5, 5.41) is 8.91. The molecule has 0 bridgehead atoms. The third kappa shape index (κ3) is 3.22. The first-order valence-corrected chi connectivity index (χ1v) is 6.97. The summed E-state index contributed by atoms with van der Waals surface area (Å²) >= 11 is 0. The van der Waals surface area contributed by atoms with Gasteiger partial charge in [-0.25, -0.2) is 9.78 Å². The predicted molar refractivity (Wildman–Crippen MR) is 77.6 cm³/mol. The van der Waals surface area contributed by atoms with Crippen LogP contribution in [0.4, 0.5) is 26.3 Å². The maximum absolute atomic E-state index is 13.3. The summed E-state index contributed by atoms with van der Waals surface area (Å²) in [6.07, 6.45) is -7.32. The van der Waals surface area contributed by atoms with Crippen molar-refractivity contribution in [2.45, 2.75) is 12.4 Å². The monoisotopic (exact) mass is 374 g/mol. The van der Waals surface area contributed by atoms with Crippen LogP contribution in [-0.2, 0) is 12.4 Å². The Morgan fingerprint density at radius 2 is 1.54 bits per heavy atom. The van der Waals surface area contributed by atoms with Gasteiger partial charge < -0.3 is 9.51 Å². The molecule has 0 aliphatic carbocycles. The molecule has 136 valence electrons. The normalized spacial score (nSPS) is 12.5. The van der Waals surface area contributed by atoms with Crippen molar-refractivity contribution in [2.75, 3.05) is 0 Å². The van der Waals surface area contributed by atoms with Crippen LogP contribution >= 0.6 is 0 Å². The standard InChI is InChI=1S/C16H8F6N2O2/c17-15(18,19)10-3-1-8(2-4-10)9-5-11(16(20,21)22)13-23-12(14(25)26)7-24(13)6-9/h1-7H,(H,25,26). The number of fused-ring (bicyclic) bond motifs is 1. The van der Waals surface area contributed by atoms with Gasteiger partial charge in [-0.05, 0) is 29.3 Å². The smallest absolute Gasteiger partial charge is 0.420 e. The van der Waals surface area contributed by atoms with Crippen LogP contribution in [0.3, 0.4) is 0 Å². The number of nitrogens with zero attached hydrogens (tertiary/aromatic N) is 2. The van der Waals surface area contributed by atoms with E-state index in [9.17, 15) is 31.1 Å². The molecule has 0 spiro atoms. The molecule has 1 N–H and O–H groups in total. The van der Waals surface area contributed by atoms with E-state index in [1.807, 2.05) is 0 Å². The topological polar surface area (TPSA) is 54.6 Å². The van der Waals surface area contributed by atoms with E-state index in [0.29, 0.717) is 0 Å². The molecule has 0 amide bonds. The maximum atomic E-state index is 13.3. The molecule has 0 unspecified atom stereocenters. The lowest BCUT2D eigenvalue weighted by atomic mass is 10.0. The molecule has 0 fully saturated rings. The molecule has 2 aromatic heterocycles. The largest absolute Gasteiger partial charge is 0.476 e. The quantitative estimate of drug-likeness (QED) is 0.660. The Morgan fingerprint density at radius 1 is 0.923 bits per heavy atom. The lowest BCUT2D eigenvalue weighted by molar-refractivity contribution is -0.138. The van der Waals surface area contributed by atoms with Crippen molar-refractivity contribution >= 4 is 11.6 Å². The number of aromatic nitrogens is 2. The second-order valence-electron chi connectivity index (χ2n) is 5.38. The first-order valence-electron chi connectivity index (χ1n) is 6.97. The van der Waals surface area contributed by atoms with Crippen LogP contribution in [0.5, 0.6) is 0 Å². The minimum atomic E-state index is -4.83. The number of aromatic carboxylic acids is 1. The number of rotatable bonds is 2. The molecule has 2 heterocycles. The van der Waals surface area contributed by atoms with E-state index >= 15 is 0 Å². The molecule has 1 aromatic carbocycles. The van der Waals surface area contributed by atoms with Gasteiger partial charge in [0.2, 0.25) is 0 Å². The van der Waals surface area contributed by atoms with Crippen molar-refractivity contribution in [1.82, 2.24) is 9.38 Å². The van der Waals surface area contributed by atoms with Crippen LogP contribution < -0.4 is 0 Å². The van der Waals surface area contributed by atoms with Gasteiger partial charge in [-0.1, -0.05) is 12.1 Å².